The van der Waals surface area contributed by atoms with E-state index in [9.17, 15) is 19.7 Å². The number of aliphatic hydroxyl groups excluding tert-OH is 1. The molecule has 0 saturated carbocycles. The normalized spacial score (nSPS) is 11.5. The monoisotopic (exact) mass is 298 g/mol. The number of carbonyl (C=O) groups is 2. The van der Waals surface area contributed by atoms with Crippen molar-refractivity contribution < 1.29 is 29.5 Å². The number of aliphatic carboxylic acids is 1. The van der Waals surface area contributed by atoms with Crippen LogP contribution in [0.4, 0.5) is 5.69 Å². The van der Waals surface area contributed by atoms with Gasteiger partial charge in [0, 0.05) is 6.07 Å². The predicted molar refractivity (Wildman–Crippen MR) is 70.2 cm³/mol. The minimum Gasteiger partial charge on any atom is -0.487 e. The number of nitro benzene ring substituents is 1. The topological polar surface area (TPSA) is 139 Å². The van der Waals surface area contributed by atoms with Gasteiger partial charge in [-0.25, -0.2) is 4.79 Å². The van der Waals surface area contributed by atoms with E-state index in [1.54, 1.807) is 6.92 Å². The number of carboxylic acid groups (broad SMARTS) is 1. The molecule has 9 heteroatoms. The Balaban J connectivity index is 3.00. The lowest BCUT2D eigenvalue weighted by molar-refractivity contribution is -0.385. The Kier molecular flexibility index (Phi) is 5.61. The molecular weight excluding hydrogens is 284 g/mol. The van der Waals surface area contributed by atoms with Gasteiger partial charge in [0.15, 0.2) is 6.10 Å². The lowest BCUT2D eigenvalue weighted by atomic mass is 10.1. The molecule has 1 rings (SSSR count). The number of ether oxygens (including phenoxy) is 1. The van der Waals surface area contributed by atoms with Crippen LogP contribution in [0.25, 0.3) is 0 Å². The Labute approximate surface area is 119 Å². The first-order valence-corrected chi connectivity index (χ1v) is 5.97. The van der Waals surface area contributed by atoms with Crippen molar-refractivity contribution in [2.75, 3.05) is 13.2 Å². The van der Waals surface area contributed by atoms with E-state index in [0.717, 1.165) is 0 Å². The lowest BCUT2D eigenvalue weighted by Crippen LogP contribution is -2.36. The summed E-state index contributed by atoms with van der Waals surface area (Å²) in [6.07, 6.45) is -1.76. The third kappa shape index (κ3) is 4.14. The number of rotatable bonds is 7. The van der Waals surface area contributed by atoms with Crippen LogP contribution in [0.3, 0.4) is 0 Å². The van der Waals surface area contributed by atoms with Crippen molar-refractivity contribution in [3.8, 4) is 5.75 Å². The van der Waals surface area contributed by atoms with Gasteiger partial charge in [0.05, 0.1) is 23.6 Å². The molecule has 0 fully saturated rings. The van der Waals surface area contributed by atoms with E-state index in [1.165, 1.54) is 18.2 Å². The van der Waals surface area contributed by atoms with E-state index in [-0.39, 0.29) is 23.6 Å². The van der Waals surface area contributed by atoms with Gasteiger partial charge in [0.2, 0.25) is 5.75 Å². The Bertz CT molecular complexity index is 559. The second-order valence-corrected chi connectivity index (χ2v) is 3.91. The van der Waals surface area contributed by atoms with Gasteiger partial charge in [-0.2, -0.15) is 0 Å². The van der Waals surface area contributed by atoms with Crippen LogP contribution in [0.2, 0.25) is 0 Å². The van der Waals surface area contributed by atoms with E-state index < -0.39 is 29.4 Å². The minimum atomic E-state index is -1.76. The maximum absolute atomic E-state index is 11.9. The second-order valence-electron chi connectivity index (χ2n) is 3.91. The van der Waals surface area contributed by atoms with Crippen LogP contribution in [0.5, 0.6) is 5.75 Å². The summed E-state index contributed by atoms with van der Waals surface area (Å²) in [7, 11) is 0. The molecule has 0 unspecified atom stereocenters. The molecular formula is C12H14N2O7. The average molecular weight is 298 g/mol. The lowest BCUT2D eigenvalue weighted by Gasteiger charge is -2.11. The van der Waals surface area contributed by atoms with Gasteiger partial charge >= 0.3 is 11.7 Å². The van der Waals surface area contributed by atoms with E-state index >= 15 is 0 Å². The van der Waals surface area contributed by atoms with Crippen LogP contribution >= 0.6 is 0 Å². The molecule has 1 atom stereocenters. The van der Waals surface area contributed by atoms with E-state index in [4.69, 9.17) is 14.9 Å². The smallest absolute Gasteiger partial charge is 0.334 e. The highest BCUT2D eigenvalue weighted by Gasteiger charge is 2.24. The number of hydrogen-bond donors (Lipinski definition) is 3. The Morgan fingerprint density at radius 1 is 1.48 bits per heavy atom. The van der Waals surface area contributed by atoms with Crippen molar-refractivity contribution in [2.24, 2.45) is 0 Å². The first-order chi connectivity index (χ1) is 9.88. The number of para-hydroxylation sites is 1. The Morgan fingerprint density at radius 3 is 2.67 bits per heavy atom. The third-order valence-electron chi connectivity index (χ3n) is 2.47. The van der Waals surface area contributed by atoms with Crippen molar-refractivity contribution in [1.29, 1.82) is 0 Å². The summed E-state index contributed by atoms with van der Waals surface area (Å²) in [5.74, 6) is -2.46. The van der Waals surface area contributed by atoms with Gasteiger partial charge in [-0.15, -0.1) is 0 Å². The van der Waals surface area contributed by atoms with Crippen LogP contribution < -0.4 is 10.1 Å². The number of amides is 1. The van der Waals surface area contributed by atoms with Crippen LogP contribution in [-0.4, -0.2) is 46.3 Å². The summed E-state index contributed by atoms with van der Waals surface area (Å²) < 4.78 is 5.12. The summed E-state index contributed by atoms with van der Waals surface area (Å²) in [6.45, 7) is 1.19. The highest BCUT2D eigenvalue weighted by Crippen LogP contribution is 2.30. The van der Waals surface area contributed by atoms with Crippen LogP contribution in [-0.2, 0) is 4.79 Å². The predicted octanol–water partition coefficient (Wildman–Crippen LogP) is 0.169. The van der Waals surface area contributed by atoms with Crippen LogP contribution in [0.15, 0.2) is 18.2 Å². The zero-order chi connectivity index (χ0) is 16.0. The standard InChI is InChI=1S/C12H14N2O7/c1-2-21-10-7(4-3-5-8(10)14(19)20)11(16)13-6-9(15)12(17)18/h3-5,9,15H,2,6H2,1H3,(H,13,16)(H,17,18)/t9-/m0/s1. The quantitative estimate of drug-likeness (QED) is 0.481. The zero-order valence-electron chi connectivity index (χ0n) is 11.1. The maximum atomic E-state index is 11.9. The molecule has 0 aromatic heterocycles. The van der Waals surface area contributed by atoms with Crippen molar-refractivity contribution in [2.45, 2.75) is 13.0 Å². The number of nitrogens with zero attached hydrogens (tertiary/aromatic N) is 1. The number of benzene rings is 1. The molecule has 0 aliphatic heterocycles. The summed E-state index contributed by atoms with van der Waals surface area (Å²) in [6, 6.07) is 3.80. The number of nitro groups is 1. The van der Waals surface area contributed by atoms with Crippen molar-refractivity contribution in [3.05, 3.63) is 33.9 Å². The molecule has 0 heterocycles. The van der Waals surface area contributed by atoms with E-state index in [2.05, 4.69) is 5.32 Å². The Hall–Kier alpha value is -2.68. The molecule has 1 amide bonds. The number of carbonyl (C=O) groups excluding carboxylic acids is 1. The molecule has 1 aromatic rings. The largest absolute Gasteiger partial charge is 0.487 e. The SMILES string of the molecule is CCOc1c(C(=O)NC[C@H](O)C(=O)O)cccc1[N+](=O)[O-]. The first-order valence-electron chi connectivity index (χ1n) is 5.97. The van der Waals surface area contributed by atoms with E-state index in [1.807, 2.05) is 0 Å². The summed E-state index contributed by atoms with van der Waals surface area (Å²) in [4.78, 5) is 32.6. The fourth-order valence-corrected chi connectivity index (χ4v) is 1.52. The molecule has 0 bridgehead atoms. The molecule has 0 aliphatic carbocycles. The molecule has 21 heavy (non-hydrogen) atoms. The molecule has 0 radical (unpaired) electrons. The molecule has 0 aliphatic rings. The summed E-state index contributed by atoms with van der Waals surface area (Å²) >= 11 is 0. The average Bonchev–Trinajstić information content (AvgIpc) is 2.44. The maximum Gasteiger partial charge on any atom is 0.334 e. The fraction of sp³-hybridized carbons (Fsp3) is 0.333. The van der Waals surface area contributed by atoms with Gasteiger partial charge in [-0.1, -0.05) is 6.07 Å². The molecule has 114 valence electrons. The van der Waals surface area contributed by atoms with Gasteiger partial charge in [-0.05, 0) is 13.0 Å². The summed E-state index contributed by atoms with van der Waals surface area (Å²) in [5, 5.41) is 30.7. The highest BCUT2D eigenvalue weighted by atomic mass is 16.6. The zero-order valence-corrected chi connectivity index (χ0v) is 11.1. The minimum absolute atomic E-state index is 0.108. The molecule has 0 spiro atoms. The first kappa shape index (κ1) is 16.4. The number of nitrogens with one attached hydrogen (secondary N) is 1. The van der Waals surface area contributed by atoms with Gasteiger partial charge < -0.3 is 20.3 Å². The van der Waals surface area contributed by atoms with Gasteiger partial charge in [-0.3, -0.25) is 14.9 Å². The highest BCUT2D eigenvalue weighted by molar-refractivity contribution is 5.98. The Morgan fingerprint density at radius 2 is 2.14 bits per heavy atom. The molecule has 9 nitrogen and oxygen atoms in total. The van der Waals surface area contributed by atoms with Gasteiger partial charge in [0.1, 0.15) is 0 Å². The van der Waals surface area contributed by atoms with Crippen molar-refractivity contribution >= 4 is 17.6 Å². The summed E-state index contributed by atoms with van der Waals surface area (Å²) in [5.41, 5.74) is -0.480. The number of aliphatic hydroxyl groups is 1. The molecule has 3 N–H and O–H groups in total. The fourth-order valence-electron chi connectivity index (χ4n) is 1.52. The van der Waals surface area contributed by atoms with E-state index in [0.29, 0.717) is 0 Å². The van der Waals surface area contributed by atoms with Crippen molar-refractivity contribution in [1.82, 2.24) is 5.32 Å². The number of carboxylic acids is 1. The van der Waals surface area contributed by atoms with Gasteiger partial charge in [0.25, 0.3) is 5.91 Å². The van der Waals surface area contributed by atoms with Crippen LogP contribution in [0, 0.1) is 10.1 Å². The second kappa shape index (κ2) is 7.20. The van der Waals surface area contributed by atoms with Crippen LogP contribution in [0.1, 0.15) is 17.3 Å². The number of hydrogen-bond acceptors (Lipinski definition) is 6. The third-order valence-corrected chi connectivity index (χ3v) is 2.47. The molecule has 0 saturated heterocycles. The van der Waals surface area contributed by atoms with Crippen molar-refractivity contribution in [3.63, 3.8) is 0 Å². The molecule has 1 aromatic carbocycles.